The minimum atomic E-state index is -0.0833. The summed E-state index contributed by atoms with van der Waals surface area (Å²) in [7, 11) is 1.74. The highest BCUT2D eigenvalue weighted by atomic mass is 16.1. The van der Waals surface area contributed by atoms with Crippen molar-refractivity contribution in [3.63, 3.8) is 0 Å². The first kappa shape index (κ1) is 23.7. The molecule has 3 aromatic heterocycles. The topological polar surface area (TPSA) is 78.0 Å². The van der Waals surface area contributed by atoms with Crippen molar-refractivity contribution < 1.29 is 0 Å². The van der Waals surface area contributed by atoms with Crippen LogP contribution in [0.3, 0.4) is 0 Å². The van der Waals surface area contributed by atoms with E-state index in [-0.39, 0.29) is 17.6 Å². The van der Waals surface area contributed by atoms with Gasteiger partial charge in [0.1, 0.15) is 17.3 Å². The summed E-state index contributed by atoms with van der Waals surface area (Å²) in [5.74, 6) is 0. The van der Waals surface area contributed by atoms with E-state index in [1.54, 1.807) is 23.7 Å². The van der Waals surface area contributed by atoms with Gasteiger partial charge in [0, 0.05) is 45.0 Å². The monoisotopic (exact) mass is 478 g/mol. The van der Waals surface area contributed by atoms with Crippen LogP contribution in [0, 0.1) is 25.2 Å². The van der Waals surface area contributed by atoms with E-state index in [2.05, 4.69) is 78.0 Å². The van der Waals surface area contributed by atoms with E-state index >= 15 is 0 Å². The van der Waals surface area contributed by atoms with Gasteiger partial charge in [0.15, 0.2) is 0 Å². The van der Waals surface area contributed by atoms with Crippen molar-refractivity contribution in [2.75, 3.05) is 24.5 Å². The minimum absolute atomic E-state index is 0.0412. The molecule has 7 nitrogen and oxygen atoms in total. The van der Waals surface area contributed by atoms with Crippen LogP contribution >= 0.6 is 0 Å². The predicted molar refractivity (Wildman–Crippen MR) is 142 cm³/mol. The number of nitrogens with zero attached hydrogens (tertiary/aromatic N) is 6. The highest BCUT2D eigenvalue weighted by Gasteiger charge is 2.32. The quantitative estimate of drug-likeness (QED) is 0.439. The molecule has 0 spiro atoms. The molecule has 0 radical (unpaired) electrons. The molecule has 4 aromatic rings. The van der Waals surface area contributed by atoms with E-state index in [9.17, 15) is 10.1 Å². The van der Waals surface area contributed by atoms with Crippen molar-refractivity contribution in [1.29, 1.82) is 5.26 Å². The summed E-state index contributed by atoms with van der Waals surface area (Å²) in [5.41, 5.74) is 7.09. The third kappa shape index (κ3) is 4.36. The van der Waals surface area contributed by atoms with Crippen molar-refractivity contribution in [2.24, 2.45) is 7.05 Å². The zero-order valence-electron chi connectivity index (χ0n) is 21.1. The van der Waals surface area contributed by atoms with Gasteiger partial charge in [0.05, 0.1) is 22.9 Å². The van der Waals surface area contributed by atoms with Crippen LogP contribution in [0.4, 0.5) is 5.69 Å². The molecule has 1 aliphatic rings. The average molecular weight is 479 g/mol. The third-order valence-corrected chi connectivity index (χ3v) is 7.12. The van der Waals surface area contributed by atoms with Gasteiger partial charge in [-0.25, -0.2) is 4.98 Å². The molecule has 0 bridgehead atoms. The van der Waals surface area contributed by atoms with Crippen LogP contribution in [-0.2, 0) is 7.05 Å². The van der Waals surface area contributed by atoms with Gasteiger partial charge >= 0.3 is 0 Å². The average Bonchev–Trinajstić information content (AvgIpc) is 2.88. The van der Waals surface area contributed by atoms with Crippen molar-refractivity contribution in [3.8, 4) is 6.07 Å². The zero-order valence-corrected chi connectivity index (χ0v) is 21.1. The summed E-state index contributed by atoms with van der Waals surface area (Å²) in [6, 6.07) is 20.4. The smallest absolute Gasteiger partial charge is 0.252 e. The number of aryl methyl sites for hydroxylation is 3. The SMILES string of the molecule is Cc1ccc(C(c2ccc(C)cn2)N2CCN(c3cc(=O)n(C)c4ccc(C#N)nc34)[C@@H](C)C2)cc1. The molecule has 7 heteroatoms. The van der Waals surface area contributed by atoms with Gasteiger partial charge in [-0.2, -0.15) is 5.26 Å². The van der Waals surface area contributed by atoms with E-state index in [4.69, 9.17) is 4.98 Å². The van der Waals surface area contributed by atoms with Crippen LogP contribution in [0.15, 0.2) is 65.6 Å². The Bertz CT molecular complexity index is 1460. The Hall–Kier alpha value is -4.02. The van der Waals surface area contributed by atoms with Crippen molar-refractivity contribution in [2.45, 2.75) is 32.9 Å². The Labute approximate surface area is 211 Å². The molecule has 5 rings (SSSR count). The van der Waals surface area contributed by atoms with Crippen molar-refractivity contribution in [1.82, 2.24) is 19.4 Å². The molecule has 1 unspecified atom stereocenters. The fraction of sp³-hybridized carbons (Fsp3) is 0.310. The number of anilines is 1. The number of pyridine rings is 3. The Morgan fingerprint density at radius 1 is 1.03 bits per heavy atom. The van der Waals surface area contributed by atoms with Crippen LogP contribution < -0.4 is 10.5 Å². The van der Waals surface area contributed by atoms with Crippen molar-refractivity contribution in [3.05, 3.63) is 99.2 Å². The Balaban J connectivity index is 1.51. The number of hydrogen-bond donors (Lipinski definition) is 0. The van der Waals surface area contributed by atoms with Crippen LogP contribution in [-0.4, -0.2) is 45.1 Å². The van der Waals surface area contributed by atoms with E-state index < -0.39 is 0 Å². The molecule has 0 N–H and O–H groups in total. The molecule has 0 amide bonds. The molecule has 4 heterocycles. The number of piperazine rings is 1. The Kier molecular flexibility index (Phi) is 6.29. The van der Waals surface area contributed by atoms with Gasteiger partial charge in [0.2, 0.25) is 0 Å². The second-order valence-corrected chi connectivity index (χ2v) is 9.71. The standard InChI is InChI=1S/C29H30N6O/c1-19-5-8-22(9-6-19)29(24-11-7-20(2)17-31-24)34-13-14-35(21(3)18-34)26-15-27(36)33(4)25-12-10-23(16-30)32-28(25)26/h5-12,15,17,21,29H,13-14,18H2,1-4H3/t21-,29?/m0/s1. The summed E-state index contributed by atoms with van der Waals surface area (Å²) >= 11 is 0. The molecule has 0 saturated carbocycles. The maximum Gasteiger partial charge on any atom is 0.252 e. The minimum Gasteiger partial charge on any atom is -0.364 e. The molecular formula is C29H30N6O. The fourth-order valence-corrected chi connectivity index (χ4v) is 5.13. The third-order valence-electron chi connectivity index (χ3n) is 7.12. The van der Waals surface area contributed by atoms with E-state index in [1.807, 2.05) is 12.3 Å². The summed E-state index contributed by atoms with van der Waals surface area (Å²) in [5, 5.41) is 9.41. The Morgan fingerprint density at radius 2 is 1.78 bits per heavy atom. The van der Waals surface area contributed by atoms with Crippen LogP contribution in [0.2, 0.25) is 0 Å². The largest absolute Gasteiger partial charge is 0.364 e. The zero-order chi connectivity index (χ0) is 25.4. The van der Waals surface area contributed by atoms with Gasteiger partial charge in [-0.05, 0) is 50.1 Å². The van der Waals surface area contributed by atoms with Gasteiger partial charge in [-0.3, -0.25) is 14.7 Å². The normalized spacial score (nSPS) is 17.2. The summed E-state index contributed by atoms with van der Waals surface area (Å²) < 4.78 is 1.59. The maximum absolute atomic E-state index is 12.8. The van der Waals surface area contributed by atoms with E-state index in [1.165, 1.54) is 11.1 Å². The molecule has 36 heavy (non-hydrogen) atoms. The second-order valence-electron chi connectivity index (χ2n) is 9.71. The number of aromatic nitrogens is 3. The van der Waals surface area contributed by atoms with Crippen LogP contribution in [0.1, 0.15) is 41.0 Å². The fourth-order valence-electron chi connectivity index (χ4n) is 5.13. The first-order valence-electron chi connectivity index (χ1n) is 12.3. The number of fused-ring (bicyclic) bond motifs is 1. The second kappa shape index (κ2) is 9.56. The highest BCUT2D eigenvalue weighted by molar-refractivity contribution is 5.89. The number of rotatable bonds is 4. The maximum atomic E-state index is 12.8. The van der Waals surface area contributed by atoms with Crippen LogP contribution in [0.5, 0.6) is 0 Å². The lowest BCUT2D eigenvalue weighted by Gasteiger charge is -2.44. The lowest BCUT2D eigenvalue weighted by atomic mass is 9.97. The molecule has 1 saturated heterocycles. The highest BCUT2D eigenvalue weighted by Crippen LogP contribution is 2.33. The summed E-state index contributed by atoms with van der Waals surface area (Å²) in [4.78, 5) is 26.9. The van der Waals surface area contributed by atoms with Crippen LogP contribution in [0.25, 0.3) is 11.0 Å². The Morgan fingerprint density at radius 3 is 2.44 bits per heavy atom. The molecule has 1 aromatic carbocycles. The first-order chi connectivity index (χ1) is 17.4. The van der Waals surface area contributed by atoms with Gasteiger partial charge in [-0.15, -0.1) is 0 Å². The lowest BCUT2D eigenvalue weighted by molar-refractivity contribution is 0.185. The predicted octanol–water partition coefficient (Wildman–Crippen LogP) is 4.12. The first-order valence-corrected chi connectivity index (χ1v) is 12.3. The molecular weight excluding hydrogens is 448 g/mol. The molecule has 1 fully saturated rings. The van der Waals surface area contributed by atoms with Gasteiger partial charge in [0.25, 0.3) is 5.56 Å². The summed E-state index contributed by atoms with van der Waals surface area (Å²) in [6.45, 7) is 8.66. The van der Waals surface area contributed by atoms with E-state index in [0.29, 0.717) is 11.2 Å². The lowest BCUT2D eigenvalue weighted by Crippen LogP contribution is -2.53. The number of benzene rings is 1. The van der Waals surface area contributed by atoms with Gasteiger partial charge < -0.3 is 9.47 Å². The molecule has 0 aliphatic carbocycles. The number of nitriles is 1. The number of hydrogen-bond acceptors (Lipinski definition) is 6. The van der Waals surface area contributed by atoms with Crippen molar-refractivity contribution >= 4 is 16.7 Å². The van der Waals surface area contributed by atoms with E-state index in [0.717, 1.165) is 42.1 Å². The van der Waals surface area contributed by atoms with Gasteiger partial charge in [-0.1, -0.05) is 35.9 Å². The summed E-state index contributed by atoms with van der Waals surface area (Å²) in [6.07, 6.45) is 1.93. The molecule has 182 valence electrons. The molecule has 2 atom stereocenters. The molecule has 1 aliphatic heterocycles.